The van der Waals surface area contributed by atoms with Crippen LogP contribution in [0.4, 0.5) is 0 Å². The lowest BCUT2D eigenvalue weighted by Crippen LogP contribution is -2.00. The van der Waals surface area contributed by atoms with E-state index in [4.69, 9.17) is 0 Å². The Morgan fingerprint density at radius 3 is 3.14 bits per heavy atom. The van der Waals surface area contributed by atoms with Crippen molar-refractivity contribution < 1.29 is 14.6 Å². The van der Waals surface area contributed by atoms with Gasteiger partial charge in [-0.05, 0) is 6.07 Å². The lowest BCUT2D eigenvalue weighted by molar-refractivity contribution is 0.0603. The maximum atomic E-state index is 11.2. The zero-order valence-electron chi connectivity index (χ0n) is 7.47. The van der Waals surface area contributed by atoms with E-state index < -0.39 is 5.97 Å². The van der Waals surface area contributed by atoms with E-state index >= 15 is 0 Å². The Labute approximate surface area is 79.5 Å². The highest BCUT2D eigenvalue weighted by molar-refractivity contribution is 5.96. The number of hydrogen-bond acceptors (Lipinski definition) is 4. The van der Waals surface area contributed by atoms with Crippen molar-refractivity contribution in [1.82, 2.24) is 9.61 Å². The minimum absolute atomic E-state index is 0.0863. The summed E-state index contributed by atoms with van der Waals surface area (Å²) in [6.45, 7) is 0. The van der Waals surface area contributed by atoms with Gasteiger partial charge in [0.1, 0.15) is 11.3 Å². The van der Waals surface area contributed by atoms with E-state index in [9.17, 15) is 9.90 Å². The number of hydrogen-bond donors (Lipinski definition) is 1. The Balaban J connectivity index is 2.67. The van der Waals surface area contributed by atoms with Crippen molar-refractivity contribution in [3.05, 3.63) is 30.1 Å². The van der Waals surface area contributed by atoms with E-state index in [1.165, 1.54) is 30.0 Å². The Morgan fingerprint density at radius 1 is 1.64 bits per heavy atom. The molecule has 0 amide bonds. The first kappa shape index (κ1) is 8.55. The molecule has 0 bridgehead atoms. The summed E-state index contributed by atoms with van der Waals surface area (Å²) in [5.74, 6) is -0.381. The molecular weight excluding hydrogens is 184 g/mol. The minimum atomic E-state index is -0.467. The summed E-state index contributed by atoms with van der Waals surface area (Å²) >= 11 is 0. The molecule has 2 aromatic heterocycles. The number of methoxy groups -OCH3 is 1. The van der Waals surface area contributed by atoms with Gasteiger partial charge in [0, 0.05) is 12.3 Å². The van der Waals surface area contributed by atoms with E-state index in [0.29, 0.717) is 11.1 Å². The molecule has 2 rings (SSSR count). The number of ether oxygens (including phenoxy) is 1. The van der Waals surface area contributed by atoms with Gasteiger partial charge in [0.25, 0.3) is 0 Å². The van der Waals surface area contributed by atoms with Crippen molar-refractivity contribution >= 4 is 11.5 Å². The molecule has 5 heteroatoms. The van der Waals surface area contributed by atoms with Crippen molar-refractivity contribution in [2.45, 2.75) is 0 Å². The summed E-state index contributed by atoms with van der Waals surface area (Å²) in [5.41, 5.74) is 0.861. The number of rotatable bonds is 1. The van der Waals surface area contributed by atoms with Crippen LogP contribution in [-0.4, -0.2) is 27.8 Å². The van der Waals surface area contributed by atoms with Crippen LogP contribution in [0.25, 0.3) is 5.52 Å². The maximum Gasteiger partial charge on any atom is 0.341 e. The predicted molar refractivity (Wildman–Crippen MR) is 48.2 cm³/mol. The average molecular weight is 192 g/mol. The van der Waals surface area contributed by atoms with Crippen LogP contribution in [0.1, 0.15) is 10.4 Å². The molecule has 0 saturated carbocycles. The highest BCUT2D eigenvalue weighted by Crippen LogP contribution is 2.16. The summed E-state index contributed by atoms with van der Waals surface area (Å²) < 4.78 is 6.06. The molecule has 14 heavy (non-hydrogen) atoms. The third-order valence-corrected chi connectivity index (χ3v) is 1.91. The van der Waals surface area contributed by atoms with Gasteiger partial charge >= 0.3 is 5.97 Å². The zero-order valence-corrected chi connectivity index (χ0v) is 7.47. The van der Waals surface area contributed by atoms with Gasteiger partial charge in [-0.1, -0.05) is 0 Å². The van der Waals surface area contributed by atoms with Crippen molar-refractivity contribution in [2.24, 2.45) is 0 Å². The monoisotopic (exact) mass is 192 g/mol. The molecule has 0 radical (unpaired) electrons. The molecular formula is C9H8N2O3. The normalized spacial score (nSPS) is 10.4. The number of nitrogens with zero attached hydrogens (tertiary/aromatic N) is 2. The van der Waals surface area contributed by atoms with Crippen LogP contribution in [0, 0.1) is 0 Å². The summed E-state index contributed by atoms with van der Waals surface area (Å²) in [4.78, 5) is 11.2. The van der Waals surface area contributed by atoms with Gasteiger partial charge in [0.05, 0.1) is 18.8 Å². The van der Waals surface area contributed by atoms with Gasteiger partial charge < -0.3 is 9.84 Å². The Bertz CT molecular complexity index is 490. The Morgan fingerprint density at radius 2 is 2.43 bits per heavy atom. The van der Waals surface area contributed by atoms with Crippen molar-refractivity contribution in [1.29, 1.82) is 0 Å². The van der Waals surface area contributed by atoms with Crippen LogP contribution in [0.3, 0.4) is 0 Å². The molecule has 2 aromatic rings. The third-order valence-electron chi connectivity index (χ3n) is 1.91. The molecule has 0 spiro atoms. The van der Waals surface area contributed by atoms with Gasteiger partial charge in [0.15, 0.2) is 0 Å². The van der Waals surface area contributed by atoms with Gasteiger partial charge in [-0.2, -0.15) is 5.10 Å². The topological polar surface area (TPSA) is 63.8 Å². The van der Waals surface area contributed by atoms with Crippen molar-refractivity contribution in [3.63, 3.8) is 0 Å². The van der Waals surface area contributed by atoms with Gasteiger partial charge in [-0.15, -0.1) is 0 Å². The van der Waals surface area contributed by atoms with E-state index in [0.717, 1.165) is 0 Å². The lowest BCUT2D eigenvalue weighted by Gasteiger charge is -1.97. The first-order chi connectivity index (χ1) is 6.72. The van der Waals surface area contributed by atoms with E-state index in [2.05, 4.69) is 9.84 Å². The van der Waals surface area contributed by atoms with E-state index in [1.54, 1.807) is 6.20 Å². The number of fused-ring (bicyclic) bond motifs is 1. The molecule has 72 valence electrons. The molecule has 0 aliphatic rings. The second-order valence-electron chi connectivity index (χ2n) is 2.76. The highest BCUT2D eigenvalue weighted by atomic mass is 16.5. The van der Waals surface area contributed by atoms with Gasteiger partial charge in [-0.3, -0.25) is 0 Å². The van der Waals surface area contributed by atoms with Gasteiger partial charge in [0.2, 0.25) is 0 Å². The van der Waals surface area contributed by atoms with Crippen molar-refractivity contribution in [3.8, 4) is 5.75 Å². The summed E-state index contributed by atoms with van der Waals surface area (Å²) in [6.07, 6.45) is 2.97. The largest absolute Gasteiger partial charge is 0.508 e. The number of carbonyl (C=O) groups is 1. The second kappa shape index (κ2) is 3.02. The fourth-order valence-corrected chi connectivity index (χ4v) is 1.24. The SMILES string of the molecule is COC(=O)c1cnn2ccc(O)cc12. The Kier molecular flexibility index (Phi) is 1.85. The smallest absolute Gasteiger partial charge is 0.341 e. The van der Waals surface area contributed by atoms with Crippen LogP contribution < -0.4 is 0 Å². The predicted octanol–water partition coefficient (Wildman–Crippen LogP) is 0.826. The average Bonchev–Trinajstić information content (AvgIpc) is 2.59. The van der Waals surface area contributed by atoms with Crippen LogP contribution in [0.15, 0.2) is 24.5 Å². The number of aromatic hydroxyl groups is 1. The minimum Gasteiger partial charge on any atom is -0.508 e. The van der Waals surface area contributed by atoms with E-state index in [-0.39, 0.29) is 5.75 Å². The molecule has 0 aliphatic heterocycles. The van der Waals surface area contributed by atoms with Crippen LogP contribution in [0.5, 0.6) is 5.75 Å². The summed E-state index contributed by atoms with van der Waals surface area (Å²) in [7, 11) is 1.30. The van der Waals surface area contributed by atoms with Crippen molar-refractivity contribution in [2.75, 3.05) is 7.11 Å². The fraction of sp³-hybridized carbons (Fsp3) is 0.111. The molecule has 0 saturated heterocycles. The van der Waals surface area contributed by atoms with Crippen LogP contribution in [-0.2, 0) is 4.74 Å². The zero-order chi connectivity index (χ0) is 10.1. The first-order valence-electron chi connectivity index (χ1n) is 3.97. The third kappa shape index (κ3) is 1.19. The molecule has 0 aromatic carbocycles. The molecule has 0 atom stereocenters. The number of esters is 1. The lowest BCUT2D eigenvalue weighted by atomic mass is 10.2. The van der Waals surface area contributed by atoms with Gasteiger partial charge in [-0.25, -0.2) is 9.31 Å². The van der Waals surface area contributed by atoms with Crippen LogP contribution >= 0.6 is 0 Å². The standard InChI is InChI=1S/C9H8N2O3/c1-14-9(13)7-5-10-11-3-2-6(12)4-8(7)11/h2-5,12H,1H3. The molecule has 0 aliphatic carbocycles. The number of carbonyl (C=O) groups excluding carboxylic acids is 1. The number of aromatic nitrogens is 2. The summed E-state index contributed by atoms with van der Waals surface area (Å²) in [6, 6.07) is 2.94. The quantitative estimate of drug-likeness (QED) is 0.679. The fourth-order valence-electron chi connectivity index (χ4n) is 1.24. The van der Waals surface area contributed by atoms with Crippen LogP contribution in [0.2, 0.25) is 0 Å². The second-order valence-corrected chi connectivity index (χ2v) is 2.76. The Hall–Kier alpha value is -2.04. The summed E-state index contributed by atoms with van der Waals surface area (Å²) in [5, 5.41) is 13.2. The molecule has 0 unspecified atom stereocenters. The highest BCUT2D eigenvalue weighted by Gasteiger charge is 2.12. The molecule has 2 heterocycles. The van der Waals surface area contributed by atoms with E-state index in [1.807, 2.05) is 0 Å². The maximum absolute atomic E-state index is 11.2. The molecule has 0 fully saturated rings. The molecule has 5 nitrogen and oxygen atoms in total. The number of pyridine rings is 1. The molecule has 1 N–H and O–H groups in total. The first-order valence-corrected chi connectivity index (χ1v) is 3.97.